The molecule has 5 nitrogen and oxygen atoms in total. The van der Waals surface area contributed by atoms with Gasteiger partial charge in [0, 0.05) is 23.1 Å². The van der Waals surface area contributed by atoms with Gasteiger partial charge in [-0.1, -0.05) is 0 Å². The van der Waals surface area contributed by atoms with E-state index in [1.54, 1.807) is 0 Å². The van der Waals surface area contributed by atoms with Crippen LogP contribution in [0.2, 0.25) is 0 Å². The van der Waals surface area contributed by atoms with E-state index < -0.39 is 0 Å². The van der Waals surface area contributed by atoms with Crippen LogP contribution in [-0.4, -0.2) is 32.9 Å². The van der Waals surface area contributed by atoms with Crippen molar-refractivity contribution < 1.29 is 4.79 Å². The van der Waals surface area contributed by atoms with Gasteiger partial charge in [0.1, 0.15) is 0 Å². The molecule has 2 atom stereocenters. The first-order chi connectivity index (χ1) is 10.6. The van der Waals surface area contributed by atoms with Crippen molar-refractivity contribution in [2.75, 3.05) is 12.3 Å². The Hall–Kier alpha value is -1.17. The molecule has 1 aliphatic heterocycles. The normalized spacial score (nSPS) is 22.9. The molecule has 1 saturated heterocycles. The van der Waals surface area contributed by atoms with Gasteiger partial charge in [-0.2, -0.15) is 16.9 Å². The minimum Gasteiger partial charge on any atom is -0.337 e. The monoisotopic (exact) mass is 338 g/mol. The summed E-state index contributed by atoms with van der Waals surface area (Å²) in [6.07, 6.45) is 4.45. The number of rotatable bonds is 4. The molecule has 2 unspecified atom stereocenters. The molecule has 0 aliphatic carbocycles. The second-order valence-corrected chi connectivity index (χ2v) is 9.42. The number of hydrogen-bond donors (Lipinski definition) is 2. The van der Waals surface area contributed by atoms with Crippen molar-refractivity contribution in [2.24, 2.45) is 0 Å². The summed E-state index contributed by atoms with van der Waals surface area (Å²) in [5.41, 5.74) is 1.97. The van der Waals surface area contributed by atoms with Gasteiger partial charge in [-0.05, 0) is 60.1 Å². The largest absolute Gasteiger partial charge is 0.337 e. The summed E-state index contributed by atoms with van der Waals surface area (Å²) < 4.78 is 2.15. The summed E-state index contributed by atoms with van der Waals surface area (Å²) in [6.45, 7) is 13.3. The topological polar surface area (TPSA) is 59.0 Å². The average molecular weight is 339 g/mol. The number of carbonyl (C=O) groups excluding carboxylic acids is 1. The maximum Gasteiger partial charge on any atom is 0.315 e. The lowest BCUT2D eigenvalue weighted by molar-refractivity contribution is 0.237. The lowest BCUT2D eigenvalue weighted by Gasteiger charge is -2.23. The van der Waals surface area contributed by atoms with Crippen molar-refractivity contribution in [3.05, 3.63) is 17.5 Å². The third-order valence-electron chi connectivity index (χ3n) is 4.36. The molecule has 2 rings (SSSR count). The molecule has 1 fully saturated rings. The lowest BCUT2D eigenvalue weighted by Crippen LogP contribution is -2.43. The van der Waals surface area contributed by atoms with Gasteiger partial charge in [0.2, 0.25) is 0 Å². The fourth-order valence-corrected chi connectivity index (χ4v) is 4.06. The first-order valence-electron chi connectivity index (χ1n) is 8.36. The first kappa shape index (κ1) is 18.2. The molecule has 1 aromatic heterocycles. The summed E-state index contributed by atoms with van der Waals surface area (Å²) in [6, 6.07) is -0.163. The molecule has 130 valence electrons. The van der Waals surface area contributed by atoms with Crippen LogP contribution >= 0.6 is 11.8 Å². The highest BCUT2D eigenvalue weighted by Gasteiger charge is 2.30. The van der Waals surface area contributed by atoms with E-state index in [0.717, 1.165) is 17.8 Å². The molecule has 6 heteroatoms. The maximum atomic E-state index is 12.2. The van der Waals surface area contributed by atoms with Crippen molar-refractivity contribution in [1.29, 1.82) is 0 Å². The zero-order chi connectivity index (χ0) is 17.3. The molecule has 0 spiro atoms. The number of nitrogens with one attached hydrogen (secondary N) is 2. The summed E-state index contributed by atoms with van der Waals surface area (Å²) in [5.74, 6) is 1.20. The van der Waals surface area contributed by atoms with E-state index in [-0.39, 0.29) is 22.4 Å². The Morgan fingerprint density at radius 1 is 1.52 bits per heavy atom. The maximum absolute atomic E-state index is 12.2. The van der Waals surface area contributed by atoms with Crippen molar-refractivity contribution in [2.45, 2.75) is 70.7 Å². The quantitative estimate of drug-likeness (QED) is 0.882. The molecule has 2 N–H and O–H groups in total. The Kier molecular flexibility index (Phi) is 5.33. The van der Waals surface area contributed by atoms with Crippen LogP contribution in [0.3, 0.4) is 0 Å². The fourth-order valence-electron chi connectivity index (χ4n) is 2.81. The van der Waals surface area contributed by atoms with Crippen molar-refractivity contribution >= 4 is 17.8 Å². The van der Waals surface area contributed by atoms with Gasteiger partial charge in [-0.3, -0.25) is 4.68 Å². The Labute approximate surface area is 144 Å². The third-order valence-corrected chi connectivity index (χ3v) is 5.90. The molecular formula is C17H30N4OS. The van der Waals surface area contributed by atoms with Gasteiger partial charge in [0.25, 0.3) is 0 Å². The molecular weight excluding hydrogens is 308 g/mol. The summed E-state index contributed by atoms with van der Waals surface area (Å²) >= 11 is 1.95. The van der Waals surface area contributed by atoms with Crippen LogP contribution in [0.25, 0.3) is 0 Å². The van der Waals surface area contributed by atoms with Crippen LogP contribution in [0.4, 0.5) is 4.79 Å². The standard InChI is InChI=1S/C17H30N4OS/c1-12(14-10-21(16(3,4)5)20-13(14)2)19-15(22)18-11-17(6)8-7-9-23-17/h10,12H,7-9,11H2,1-6H3,(H2,18,19,22). The van der Waals surface area contributed by atoms with E-state index in [1.165, 1.54) is 18.6 Å². The van der Waals surface area contributed by atoms with Gasteiger partial charge >= 0.3 is 6.03 Å². The summed E-state index contributed by atoms with van der Waals surface area (Å²) in [7, 11) is 0. The average Bonchev–Trinajstić information content (AvgIpc) is 3.03. The number of urea groups is 1. The first-order valence-corrected chi connectivity index (χ1v) is 9.34. The molecule has 0 saturated carbocycles. The number of carbonyl (C=O) groups is 1. The molecule has 2 amide bonds. The Bertz CT molecular complexity index is 555. The van der Waals surface area contributed by atoms with Crippen LogP contribution in [0, 0.1) is 6.92 Å². The van der Waals surface area contributed by atoms with Crippen molar-refractivity contribution in [1.82, 2.24) is 20.4 Å². The number of thioether (sulfide) groups is 1. The van der Waals surface area contributed by atoms with E-state index in [4.69, 9.17) is 0 Å². The van der Waals surface area contributed by atoms with Gasteiger partial charge < -0.3 is 10.6 Å². The van der Waals surface area contributed by atoms with Gasteiger partial charge in [-0.15, -0.1) is 0 Å². The smallest absolute Gasteiger partial charge is 0.315 e. The summed E-state index contributed by atoms with van der Waals surface area (Å²) in [5, 5.41) is 10.6. The molecule has 1 aliphatic rings. The van der Waals surface area contributed by atoms with E-state index >= 15 is 0 Å². The predicted octanol–water partition coefficient (Wildman–Crippen LogP) is 3.59. The van der Waals surface area contributed by atoms with Gasteiger partial charge in [-0.25, -0.2) is 4.79 Å². The number of nitrogens with zero attached hydrogens (tertiary/aromatic N) is 2. The van der Waals surface area contributed by atoms with Crippen molar-refractivity contribution in [3.8, 4) is 0 Å². The molecule has 0 aromatic carbocycles. The molecule has 23 heavy (non-hydrogen) atoms. The number of aryl methyl sites for hydroxylation is 1. The minimum absolute atomic E-state index is 0.0563. The highest BCUT2D eigenvalue weighted by atomic mass is 32.2. The molecule has 0 radical (unpaired) electrons. The highest BCUT2D eigenvalue weighted by Crippen LogP contribution is 2.36. The number of hydrogen-bond acceptors (Lipinski definition) is 3. The van der Waals surface area contributed by atoms with Gasteiger partial charge in [0.05, 0.1) is 17.3 Å². The lowest BCUT2D eigenvalue weighted by atomic mass is 10.1. The van der Waals surface area contributed by atoms with Crippen molar-refractivity contribution in [3.63, 3.8) is 0 Å². The van der Waals surface area contributed by atoms with Crippen LogP contribution in [-0.2, 0) is 5.54 Å². The van der Waals surface area contributed by atoms with Crippen LogP contribution in [0.15, 0.2) is 6.20 Å². The second-order valence-electron chi connectivity index (χ2n) is 7.74. The Morgan fingerprint density at radius 3 is 2.74 bits per heavy atom. The Morgan fingerprint density at radius 2 is 2.22 bits per heavy atom. The SMILES string of the molecule is Cc1nn(C(C)(C)C)cc1C(C)NC(=O)NCC1(C)CCCS1. The minimum atomic E-state index is -0.103. The summed E-state index contributed by atoms with van der Waals surface area (Å²) in [4.78, 5) is 12.2. The molecule has 1 aromatic rings. The molecule has 0 bridgehead atoms. The zero-order valence-electron chi connectivity index (χ0n) is 15.2. The predicted molar refractivity (Wildman–Crippen MR) is 97.0 cm³/mol. The van der Waals surface area contributed by atoms with E-state index in [1.807, 2.05) is 36.5 Å². The van der Waals surface area contributed by atoms with Crippen LogP contribution < -0.4 is 10.6 Å². The van der Waals surface area contributed by atoms with E-state index in [2.05, 4.69) is 43.4 Å². The fraction of sp³-hybridized carbons (Fsp3) is 0.765. The van der Waals surface area contributed by atoms with Crippen LogP contribution in [0.5, 0.6) is 0 Å². The van der Waals surface area contributed by atoms with E-state index in [0.29, 0.717) is 0 Å². The number of amides is 2. The van der Waals surface area contributed by atoms with E-state index in [9.17, 15) is 4.79 Å². The zero-order valence-corrected chi connectivity index (χ0v) is 16.0. The number of aromatic nitrogens is 2. The van der Waals surface area contributed by atoms with Gasteiger partial charge in [0.15, 0.2) is 0 Å². The van der Waals surface area contributed by atoms with Crippen LogP contribution in [0.1, 0.15) is 64.8 Å². The second kappa shape index (κ2) is 6.75. The molecule has 2 heterocycles. The Balaban J connectivity index is 1.92. The highest BCUT2D eigenvalue weighted by molar-refractivity contribution is 8.00. The third kappa shape index (κ3) is 4.66.